The van der Waals surface area contributed by atoms with Gasteiger partial charge in [-0.15, -0.1) is 0 Å². The second kappa shape index (κ2) is 4.84. The van der Waals surface area contributed by atoms with E-state index in [1.165, 1.54) is 11.0 Å². The minimum atomic E-state index is 0.523. The third-order valence-corrected chi connectivity index (χ3v) is 3.06. The predicted molar refractivity (Wildman–Crippen MR) is 72.4 cm³/mol. The van der Waals surface area contributed by atoms with Crippen LogP contribution in [0.4, 0.5) is 0 Å². The highest BCUT2D eigenvalue weighted by molar-refractivity contribution is 6.48. The van der Waals surface area contributed by atoms with Crippen LogP contribution < -0.4 is 15.9 Å². The van der Waals surface area contributed by atoms with Crippen LogP contribution in [0.3, 0.4) is 0 Å². The molecule has 0 radical (unpaired) electrons. The topological polar surface area (TPSA) is 44.5 Å². The predicted octanol–water partition coefficient (Wildman–Crippen LogP) is 1.44. The first-order valence-electron chi connectivity index (χ1n) is 6.01. The molecule has 90 valence electrons. The Morgan fingerprint density at radius 2 is 2.06 bits per heavy atom. The second-order valence-corrected chi connectivity index (χ2v) is 4.38. The third-order valence-electron chi connectivity index (χ3n) is 3.06. The van der Waals surface area contributed by atoms with Crippen molar-refractivity contribution in [1.29, 1.82) is 0 Å². The Labute approximate surface area is 107 Å². The largest absolute Gasteiger partial charge is 0.457 e. The Morgan fingerprint density at radius 1 is 1.17 bits per heavy atom. The molecule has 1 aliphatic rings. The lowest BCUT2D eigenvalue weighted by Gasteiger charge is -2.08. The minimum Gasteiger partial charge on any atom is -0.457 e. The van der Waals surface area contributed by atoms with Gasteiger partial charge in [0.15, 0.2) is 0 Å². The van der Waals surface area contributed by atoms with E-state index in [0.717, 1.165) is 17.1 Å². The maximum Gasteiger partial charge on any atom is 0.309 e. The highest BCUT2D eigenvalue weighted by Gasteiger charge is 2.13. The summed E-state index contributed by atoms with van der Waals surface area (Å²) < 4.78 is 11.2. The molecule has 18 heavy (non-hydrogen) atoms. The molecule has 2 N–H and O–H groups in total. The Kier molecular flexibility index (Phi) is 3.05. The van der Waals surface area contributed by atoms with Crippen molar-refractivity contribution in [3.05, 3.63) is 53.6 Å². The number of nitrogens with two attached hydrogens (primary N) is 1. The van der Waals surface area contributed by atoms with Gasteiger partial charge >= 0.3 is 7.48 Å². The summed E-state index contributed by atoms with van der Waals surface area (Å²) in [6, 6.07) is 13.9. The molecule has 4 heteroatoms. The van der Waals surface area contributed by atoms with Gasteiger partial charge in [0.1, 0.15) is 11.5 Å². The van der Waals surface area contributed by atoms with Crippen LogP contribution in [0.1, 0.15) is 11.1 Å². The first-order valence-corrected chi connectivity index (χ1v) is 6.01. The fourth-order valence-electron chi connectivity index (χ4n) is 2.08. The molecule has 2 aromatic carbocycles. The van der Waals surface area contributed by atoms with Gasteiger partial charge in [0.05, 0.1) is 6.61 Å². The van der Waals surface area contributed by atoms with Crippen molar-refractivity contribution in [2.24, 2.45) is 5.73 Å². The van der Waals surface area contributed by atoms with Gasteiger partial charge in [-0.05, 0) is 40.9 Å². The average Bonchev–Trinajstić information content (AvgIpc) is 2.86. The van der Waals surface area contributed by atoms with E-state index in [1.54, 1.807) is 0 Å². The molecule has 0 fully saturated rings. The van der Waals surface area contributed by atoms with Crippen LogP contribution in [0.2, 0.25) is 0 Å². The highest BCUT2D eigenvalue weighted by Crippen LogP contribution is 2.23. The number of benzene rings is 2. The van der Waals surface area contributed by atoms with Crippen LogP contribution in [0, 0.1) is 0 Å². The second-order valence-electron chi connectivity index (χ2n) is 4.38. The molecule has 0 bridgehead atoms. The molecule has 2 aromatic rings. The van der Waals surface area contributed by atoms with Crippen molar-refractivity contribution in [3.8, 4) is 11.5 Å². The maximum atomic E-state index is 5.83. The highest BCUT2D eigenvalue weighted by atomic mass is 16.5. The number of rotatable bonds is 3. The maximum absolute atomic E-state index is 5.83. The molecule has 3 nitrogen and oxygen atoms in total. The number of hydrogen-bond donors (Lipinski definition) is 1. The van der Waals surface area contributed by atoms with Crippen molar-refractivity contribution in [2.75, 3.05) is 0 Å². The van der Waals surface area contributed by atoms with E-state index < -0.39 is 0 Å². The fraction of sp³-hybridized carbons (Fsp3) is 0.143. The normalized spacial score (nSPS) is 12.9. The lowest BCUT2D eigenvalue weighted by Crippen LogP contribution is -2.10. The molecule has 0 atom stereocenters. The molecule has 0 aromatic heterocycles. The number of hydrogen-bond acceptors (Lipinski definition) is 3. The first-order chi connectivity index (χ1) is 8.85. The van der Waals surface area contributed by atoms with Gasteiger partial charge in [0.25, 0.3) is 0 Å². The van der Waals surface area contributed by atoms with Crippen LogP contribution in [-0.4, -0.2) is 7.48 Å². The molecule has 3 rings (SSSR count). The minimum absolute atomic E-state index is 0.523. The Bertz CT molecular complexity index is 571. The van der Waals surface area contributed by atoms with Crippen LogP contribution >= 0.6 is 0 Å². The van der Waals surface area contributed by atoms with E-state index in [4.69, 9.17) is 15.1 Å². The van der Waals surface area contributed by atoms with E-state index in [2.05, 4.69) is 6.07 Å². The molecular weight excluding hydrogens is 225 g/mol. The molecule has 1 aliphatic heterocycles. The first kappa shape index (κ1) is 11.3. The Balaban J connectivity index is 1.83. The standard InChI is InChI=1S/C14H14BNO2/c16-8-10-2-1-3-12(6-10)18-13-4-5-14-11(7-13)9-17-15-14/h1-7,15H,8-9,16H2. The zero-order valence-corrected chi connectivity index (χ0v) is 10.1. The molecule has 0 unspecified atom stereocenters. The molecule has 0 saturated carbocycles. The molecule has 0 saturated heterocycles. The van der Waals surface area contributed by atoms with Crippen molar-refractivity contribution < 1.29 is 9.39 Å². The van der Waals surface area contributed by atoms with Gasteiger partial charge in [-0.25, -0.2) is 0 Å². The van der Waals surface area contributed by atoms with Crippen molar-refractivity contribution in [2.45, 2.75) is 13.2 Å². The smallest absolute Gasteiger partial charge is 0.309 e. The number of fused-ring (bicyclic) bond motifs is 1. The Hall–Kier alpha value is -1.78. The van der Waals surface area contributed by atoms with Crippen molar-refractivity contribution >= 4 is 12.9 Å². The molecule has 0 spiro atoms. The van der Waals surface area contributed by atoms with Gasteiger partial charge in [-0.3, -0.25) is 0 Å². The van der Waals surface area contributed by atoms with E-state index in [-0.39, 0.29) is 0 Å². The fourth-order valence-corrected chi connectivity index (χ4v) is 2.08. The summed E-state index contributed by atoms with van der Waals surface area (Å²) in [7, 11) is 0.707. The summed E-state index contributed by atoms with van der Waals surface area (Å²) in [6.07, 6.45) is 0. The van der Waals surface area contributed by atoms with Crippen LogP contribution in [0.15, 0.2) is 42.5 Å². The lowest BCUT2D eigenvalue weighted by molar-refractivity contribution is 0.344. The van der Waals surface area contributed by atoms with Gasteiger partial charge in [-0.1, -0.05) is 18.2 Å². The quantitative estimate of drug-likeness (QED) is 0.824. The Morgan fingerprint density at radius 3 is 2.94 bits per heavy atom. The van der Waals surface area contributed by atoms with Crippen molar-refractivity contribution in [1.82, 2.24) is 0 Å². The average molecular weight is 239 g/mol. The molecular formula is C14H14BNO2. The van der Waals surface area contributed by atoms with E-state index in [1.807, 2.05) is 36.4 Å². The van der Waals surface area contributed by atoms with Crippen LogP contribution in [0.5, 0.6) is 11.5 Å². The monoisotopic (exact) mass is 239 g/mol. The van der Waals surface area contributed by atoms with Gasteiger partial charge in [0.2, 0.25) is 0 Å². The summed E-state index contributed by atoms with van der Waals surface area (Å²) >= 11 is 0. The van der Waals surface area contributed by atoms with Crippen molar-refractivity contribution in [3.63, 3.8) is 0 Å². The molecule has 1 heterocycles. The van der Waals surface area contributed by atoms with E-state index in [9.17, 15) is 0 Å². The lowest BCUT2D eigenvalue weighted by atomic mass is 9.87. The zero-order valence-electron chi connectivity index (χ0n) is 10.1. The van der Waals surface area contributed by atoms with E-state index in [0.29, 0.717) is 20.6 Å². The van der Waals surface area contributed by atoms with Gasteiger partial charge in [-0.2, -0.15) is 0 Å². The van der Waals surface area contributed by atoms with E-state index >= 15 is 0 Å². The van der Waals surface area contributed by atoms with Gasteiger partial charge in [0, 0.05) is 6.54 Å². The summed E-state index contributed by atoms with van der Waals surface area (Å²) in [4.78, 5) is 0. The molecule has 0 amide bonds. The summed E-state index contributed by atoms with van der Waals surface area (Å²) in [6.45, 7) is 1.20. The van der Waals surface area contributed by atoms with Crippen LogP contribution in [-0.2, 0) is 17.8 Å². The summed E-state index contributed by atoms with van der Waals surface area (Å²) in [5.41, 5.74) is 9.14. The van der Waals surface area contributed by atoms with Crippen LogP contribution in [0.25, 0.3) is 0 Å². The summed E-state index contributed by atoms with van der Waals surface area (Å²) in [5.74, 6) is 1.66. The SMILES string of the molecule is NCc1cccc(Oc2ccc3c(c2)COB3)c1. The summed E-state index contributed by atoms with van der Waals surface area (Å²) in [5, 5.41) is 0. The van der Waals surface area contributed by atoms with Gasteiger partial charge < -0.3 is 15.1 Å². The number of ether oxygens (including phenoxy) is 1. The molecule has 0 aliphatic carbocycles. The third kappa shape index (κ3) is 2.25. The zero-order chi connectivity index (χ0) is 12.4.